The van der Waals surface area contributed by atoms with Gasteiger partial charge in [0, 0.05) is 43.0 Å². The summed E-state index contributed by atoms with van der Waals surface area (Å²) in [4.78, 5) is 28.1. The number of alkyl halides is 1. The zero-order chi connectivity index (χ0) is 19.7. The van der Waals surface area contributed by atoms with Crippen molar-refractivity contribution in [3.05, 3.63) is 40.8 Å². The third-order valence-electron chi connectivity index (χ3n) is 5.80. The summed E-state index contributed by atoms with van der Waals surface area (Å²) in [5, 5.41) is 4.37. The third kappa shape index (κ3) is 4.04. The molecule has 2 aliphatic heterocycles. The Kier molecular flexibility index (Phi) is 5.35. The summed E-state index contributed by atoms with van der Waals surface area (Å²) in [6.07, 6.45) is 1.30. The highest BCUT2D eigenvalue weighted by molar-refractivity contribution is 5.89. The summed E-state index contributed by atoms with van der Waals surface area (Å²) in [6.45, 7) is 4.08. The van der Waals surface area contributed by atoms with Gasteiger partial charge >= 0.3 is 5.63 Å². The highest BCUT2D eigenvalue weighted by Gasteiger charge is 2.33. The first kappa shape index (κ1) is 18.9. The minimum atomic E-state index is -0.896. The molecule has 2 aliphatic rings. The van der Waals surface area contributed by atoms with Gasteiger partial charge in [-0.2, -0.15) is 0 Å². The van der Waals surface area contributed by atoms with Gasteiger partial charge in [0.05, 0.1) is 18.8 Å². The van der Waals surface area contributed by atoms with Gasteiger partial charge in [-0.15, -0.1) is 0 Å². The third-order valence-corrected chi connectivity index (χ3v) is 5.80. The van der Waals surface area contributed by atoms with E-state index >= 15 is 0 Å². The molecule has 1 aromatic carbocycles. The van der Waals surface area contributed by atoms with Crippen molar-refractivity contribution < 1.29 is 13.6 Å². The molecule has 6 nitrogen and oxygen atoms in total. The predicted molar refractivity (Wildman–Crippen MR) is 106 cm³/mol. The van der Waals surface area contributed by atoms with Crippen LogP contribution in [-0.4, -0.2) is 60.1 Å². The molecule has 1 amide bonds. The smallest absolute Gasteiger partial charge is 0.338 e. The van der Waals surface area contributed by atoms with Crippen LogP contribution in [-0.2, 0) is 4.79 Å². The van der Waals surface area contributed by atoms with Crippen molar-refractivity contribution in [1.29, 1.82) is 0 Å². The second-order valence-electron chi connectivity index (χ2n) is 7.90. The highest BCUT2D eigenvalue weighted by Crippen LogP contribution is 2.25. The lowest BCUT2D eigenvalue weighted by Crippen LogP contribution is -2.46. The maximum Gasteiger partial charge on any atom is 0.338 e. The number of hydrogen-bond acceptors (Lipinski definition) is 5. The van der Waals surface area contributed by atoms with Crippen LogP contribution >= 0.6 is 0 Å². The standard InChI is InChI=1S/C21H26FN3O3/c1-14-10-15(22)12-25(14)20(26)13-24-8-6-16(7-9-24)23-18-11-21(27)28-19-5-3-2-4-17(18)19/h2-5,11,14-16,23H,6-10,12-13H2,1H3/t14-,15+/m1/s1. The molecular weight excluding hydrogens is 361 g/mol. The first-order chi connectivity index (χ1) is 13.5. The van der Waals surface area contributed by atoms with E-state index in [-0.39, 0.29) is 30.2 Å². The van der Waals surface area contributed by atoms with E-state index in [1.54, 1.807) is 11.0 Å². The van der Waals surface area contributed by atoms with Gasteiger partial charge in [0.15, 0.2) is 0 Å². The Bertz CT molecular complexity index is 907. The fraction of sp³-hybridized carbons (Fsp3) is 0.524. The number of rotatable bonds is 4. The van der Waals surface area contributed by atoms with Crippen LogP contribution in [0, 0.1) is 0 Å². The summed E-state index contributed by atoms with van der Waals surface area (Å²) in [5.74, 6) is 0.0192. The first-order valence-electron chi connectivity index (χ1n) is 9.95. The lowest BCUT2D eigenvalue weighted by atomic mass is 10.0. The number of fused-ring (bicyclic) bond motifs is 1. The molecule has 0 bridgehead atoms. The highest BCUT2D eigenvalue weighted by atomic mass is 19.1. The van der Waals surface area contributed by atoms with Crippen molar-refractivity contribution in [2.75, 3.05) is 31.5 Å². The SMILES string of the molecule is C[C@@H]1C[C@H](F)CN1C(=O)CN1CCC(Nc2cc(=O)oc3ccccc23)CC1. The molecule has 0 aliphatic carbocycles. The number of benzene rings is 1. The molecule has 0 radical (unpaired) electrons. The Morgan fingerprint density at radius 2 is 2.04 bits per heavy atom. The van der Waals surface area contributed by atoms with Crippen molar-refractivity contribution in [2.45, 2.75) is 44.4 Å². The molecule has 0 unspecified atom stereocenters. The fourth-order valence-electron chi connectivity index (χ4n) is 4.28. The number of hydrogen-bond donors (Lipinski definition) is 1. The zero-order valence-electron chi connectivity index (χ0n) is 16.1. The number of nitrogens with one attached hydrogen (secondary N) is 1. The van der Waals surface area contributed by atoms with Gasteiger partial charge in [-0.25, -0.2) is 9.18 Å². The van der Waals surface area contributed by atoms with Crippen molar-refractivity contribution in [3.63, 3.8) is 0 Å². The Morgan fingerprint density at radius 3 is 2.75 bits per heavy atom. The second-order valence-corrected chi connectivity index (χ2v) is 7.90. The number of anilines is 1. The van der Waals surface area contributed by atoms with Crippen molar-refractivity contribution >= 4 is 22.6 Å². The van der Waals surface area contributed by atoms with E-state index in [4.69, 9.17) is 4.42 Å². The predicted octanol–water partition coefficient (Wildman–Crippen LogP) is 2.63. The van der Waals surface area contributed by atoms with Crippen molar-refractivity contribution in [2.24, 2.45) is 0 Å². The lowest BCUT2D eigenvalue weighted by Gasteiger charge is -2.34. The molecule has 28 heavy (non-hydrogen) atoms. The minimum absolute atomic E-state index is 0.0141. The summed E-state index contributed by atoms with van der Waals surface area (Å²) < 4.78 is 18.8. The van der Waals surface area contributed by atoms with E-state index < -0.39 is 6.17 Å². The van der Waals surface area contributed by atoms with Crippen LogP contribution in [0.1, 0.15) is 26.2 Å². The molecule has 150 valence electrons. The van der Waals surface area contributed by atoms with E-state index in [9.17, 15) is 14.0 Å². The monoisotopic (exact) mass is 387 g/mol. The Labute approximate surface area is 163 Å². The van der Waals surface area contributed by atoms with E-state index in [0.29, 0.717) is 18.5 Å². The summed E-state index contributed by atoms with van der Waals surface area (Å²) in [6, 6.07) is 9.21. The zero-order valence-corrected chi connectivity index (χ0v) is 16.1. The number of likely N-dealkylation sites (tertiary alicyclic amines) is 2. The molecule has 2 fully saturated rings. The number of nitrogens with zero attached hydrogens (tertiary/aromatic N) is 2. The van der Waals surface area contributed by atoms with Crippen LogP contribution in [0.5, 0.6) is 0 Å². The molecule has 4 rings (SSSR count). The quantitative estimate of drug-likeness (QED) is 0.817. The first-order valence-corrected chi connectivity index (χ1v) is 9.95. The van der Waals surface area contributed by atoms with Gasteiger partial charge in [0.1, 0.15) is 11.8 Å². The van der Waals surface area contributed by atoms with Gasteiger partial charge in [-0.05, 0) is 31.9 Å². The van der Waals surface area contributed by atoms with Crippen LogP contribution < -0.4 is 10.9 Å². The molecule has 1 N–H and O–H groups in total. The van der Waals surface area contributed by atoms with Crippen LogP contribution in [0.3, 0.4) is 0 Å². The number of para-hydroxylation sites is 1. The average molecular weight is 387 g/mol. The number of amides is 1. The van der Waals surface area contributed by atoms with Gasteiger partial charge in [-0.3, -0.25) is 9.69 Å². The van der Waals surface area contributed by atoms with Gasteiger partial charge in [0.25, 0.3) is 0 Å². The Hall–Kier alpha value is -2.41. The lowest BCUT2D eigenvalue weighted by molar-refractivity contribution is -0.133. The molecule has 2 aromatic rings. The number of carbonyl (C=O) groups excluding carboxylic acids is 1. The summed E-state index contributed by atoms with van der Waals surface area (Å²) in [5.41, 5.74) is 1.00. The van der Waals surface area contributed by atoms with E-state index in [0.717, 1.165) is 37.0 Å². The molecule has 3 heterocycles. The number of piperidine rings is 1. The van der Waals surface area contributed by atoms with Gasteiger partial charge in [-0.1, -0.05) is 12.1 Å². The average Bonchev–Trinajstić information content (AvgIpc) is 3.01. The molecule has 2 atom stereocenters. The maximum absolute atomic E-state index is 13.5. The molecule has 2 saturated heterocycles. The fourth-order valence-corrected chi connectivity index (χ4v) is 4.28. The number of carbonyl (C=O) groups is 1. The molecule has 7 heteroatoms. The number of halogens is 1. The minimum Gasteiger partial charge on any atom is -0.423 e. The van der Waals surface area contributed by atoms with Crippen molar-refractivity contribution in [1.82, 2.24) is 9.80 Å². The summed E-state index contributed by atoms with van der Waals surface area (Å²) in [7, 11) is 0. The largest absolute Gasteiger partial charge is 0.423 e. The van der Waals surface area contributed by atoms with E-state index in [2.05, 4.69) is 10.2 Å². The van der Waals surface area contributed by atoms with E-state index in [1.807, 2.05) is 25.1 Å². The molecule has 0 saturated carbocycles. The van der Waals surface area contributed by atoms with Crippen LogP contribution in [0.15, 0.2) is 39.5 Å². The van der Waals surface area contributed by atoms with Gasteiger partial charge < -0.3 is 14.6 Å². The van der Waals surface area contributed by atoms with Crippen molar-refractivity contribution in [3.8, 4) is 0 Å². The normalized spacial score (nSPS) is 24.0. The van der Waals surface area contributed by atoms with Crippen LogP contribution in [0.25, 0.3) is 11.0 Å². The molecule has 1 aromatic heterocycles. The van der Waals surface area contributed by atoms with Gasteiger partial charge in [0.2, 0.25) is 5.91 Å². The van der Waals surface area contributed by atoms with E-state index in [1.165, 1.54) is 6.07 Å². The maximum atomic E-state index is 13.5. The second kappa shape index (κ2) is 7.91. The topological polar surface area (TPSA) is 65.8 Å². The van der Waals surface area contributed by atoms with Crippen LogP contribution in [0.2, 0.25) is 0 Å². The molecule has 0 spiro atoms. The Morgan fingerprint density at radius 1 is 1.29 bits per heavy atom. The van der Waals surface area contributed by atoms with Crippen LogP contribution in [0.4, 0.5) is 10.1 Å². The summed E-state index contributed by atoms with van der Waals surface area (Å²) >= 11 is 0. The molecular formula is C21H26FN3O3. The Balaban J connectivity index is 1.34.